The van der Waals surface area contributed by atoms with Crippen LogP contribution >= 0.6 is 31.9 Å². The Kier molecular flexibility index (Phi) is 5.89. The van der Waals surface area contributed by atoms with Gasteiger partial charge in [0.05, 0.1) is 20.5 Å². The quantitative estimate of drug-likeness (QED) is 0.488. The summed E-state index contributed by atoms with van der Waals surface area (Å²) < 4.78 is 25.1. The molecule has 0 aliphatic rings. The molecule has 0 aromatic heterocycles. The van der Waals surface area contributed by atoms with Crippen molar-refractivity contribution in [3.05, 3.63) is 59.7 Å². The normalized spacial score (nSPS) is 11.2. The summed E-state index contributed by atoms with van der Waals surface area (Å²) in [4.78, 5) is 23.3. The molecule has 0 aliphatic heterocycles. The molecule has 0 amide bonds. The van der Waals surface area contributed by atoms with E-state index < -0.39 is 9.84 Å². The number of ketones is 2. The zero-order valence-corrected chi connectivity index (χ0v) is 15.8. The van der Waals surface area contributed by atoms with Crippen molar-refractivity contribution >= 4 is 53.3 Å². The Morgan fingerprint density at radius 3 is 1.26 bits per heavy atom. The van der Waals surface area contributed by atoms with Crippen molar-refractivity contribution in [1.29, 1.82) is 0 Å². The van der Waals surface area contributed by atoms with Crippen LogP contribution in [-0.4, -0.2) is 30.6 Å². The van der Waals surface area contributed by atoms with Gasteiger partial charge in [0, 0.05) is 11.1 Å². The Balaban J connectivity index is 2.34. The van der Waals surface area contributed by atoms with Gasteiger partial charge < -0.3 is 0 Å². The number of hydrogen-bond acceptors (Lipinski definition) is 4. The van der Waals surface area contributed by atoms with Crippen molar-refractivity contribution in [3.8, 4) is 0 Å². The number of halogens is 2. The van der Waals surface area contributed by atoms with Crippen LogP contribution in [-0.2, 0) is 9.84 Å². The standard InChI is InChI=1S/C16H12Br2O4S/c17-9-15(19)11-1-5-13(6-2-11)23(21,22)14-7-3-12(4-8-14)16(20)10-18/h1-8H,9-10H2. The topological polar surface area (TPSA) is 68.3 Å². The number of rotatable bonds is 6. The van der Waals surface area contributed by atoms with E-state index in [2.05, 4.69) is 31.9 Å². The fourth-order valence-corrected chi connectivity index (χ4v) is 3.84. The number of hydrogen-bond donors (Lipinski definition) is 0. The molecule has 7 heteroatoms. The molecule has 0 heterocycles. The van der Waals surface area contributed by atoms with Gasteiger partial charge in [-0.25, -0.2) is 8.42 Å². The van der Waals surface area contributed by atoms with E-state index in [0.717, 1.165) is 0 Å². The third-order valence-corrected chi connectivity index (χ3v) is 6.02. The molecule has 0 N–H and O–H groups in total. The molecule has 0 bridgehead atoms. The predicted octanol–water partition coefficient (Wildman–Crippen LogP) is 3.67. The summed E-state index contributed by atoms with van der Waals surface area (Å²) in [5.74, 6) is -0.238. The van der Waals surface area contributed by atoms with Crippen LogP contribution in [0.2, 0.25) is 0 Å². The van der Waals surface area contributed by atoms with E-state index in [1.54, 1.807) is 0 Å². The summed E-state index contributed by atoms with van der Waals surface area (Å²) in [6, 6.07) is 11.6. The summed E-state index contributed by atoms with van der Waals surface area (Å²) in [5, 5.41) is 0.365. The van der Waals surface area contributed by atoms with Crippen molar-refractivity contribution < 1.29 is 18.0 Å². The van der Waals surface area contributed by atoms with Crippen LogP contribution < -0.4 is 0 Å². The van der Waals surface area contributed by atoms with E-state index in [1.807, 2.05) is 0 Å². The van der Waals surface area contributed by atoms with E-state index in [9.17, 15) is 18.0 Å². The first-order chi connectivity index (χ1) is 10.9. The van der Waals surface area contributed by atoms with Crippen molar-refractivity contribution in [2.24, 2.45) is 0 Å². The van der Waals surface area contributed by atoms with E-state index >= 15 is 0 Å². The minimum absolute atomic E-state index is 0.100. The van der Waals surface area contributed by atoms with Gasteiger partial charge in [-0.05, 0) is 24.3 Å². The molecular formula is C16H12Br2O4S. The maximum atomic E-state index is 12.5. The highest BCUT2D eigenvalue weighted by molar-refractivity contribution is 9.09. The average Bonchev–Trinajstić information content (AvgIpc) is 2.60. The molecule has 0 saturated heterocycles. The van der Waals surface area contributed by atoms with Gasteiger partial charge in [-0.1, -0.05) is 56.1 Å². The fourth-order valence-electron chi connectivity index (χ4n) is 1.93. The highest BCUT2D eigenvalue weighted by atomic mass is 79.9. The summed E-state index contributed by atoms with van der Waals surface area (Å²) >= 11 is 6.14. The van der Waals surface area contributed by atoms with Gasteiger partial charge >= 0.3 is 0 Å². The molecule has 120 valence electrons. The van der Waals surface area contributed by atoms with Crippen LogP contribution in [0.4, 0.5) is 0 Å². The van der Waals surface area contributed by atoms with E-state index in [0.29, 0.717) is 11.1 Å². The van der Waals surface area contributed by atoms with E-state index in [4.69, 9.17) is 0 Å². The van der Waals surface area contributed by atoms with Gasteiger partial charge in [-0.2, -0.15) is 0 Å². The Morgan fingerprint density at radius 1 is 0.696 bits per heavy atom. The third-order valence-electron chi connectivity index (χ3n) is 3.22. The lowest BCUT2D eigenvalue weighted by atomic mass is 10.1. The van der Waals surface area contributed by atoms with Gasteiger partial charge in [-0.3, -0.25) is 9.59 Å². The Bertz CT molecular complexity index is 760. The minimum Gasteiger partial charge on any atom is -0.293 e. The minimum atomic E-state index is -3.68. The summed E-state index contributed by atoms with van der Waals surface area (Å²) in [5.41, 5.74) is 0.887. The molecule has 2 rings (SSSR count). The van der Waals surface area contributed by atoms with Gasteiger partial charge in [-0.15, -0.1) is 0 Å². The zero-order valence-electron chi connectivity index (χ0n) is 11.8. The van der Waals surface area contributed by atoms with Crippen molar-refractivity contribution in [2.45, 2.75) is 9.79 Å². The number of carbonyl (C=O) groups is 2. The van der Waals surface area contributed by atoms with Crippen LogP contribution in [0, 0.1) is 0 Å². The second-order valence-corrected chi connectivity index (χ2v) is 7.74. The maximum absolute atomic E-state index is 12.5. The maximum Gasteiger partial charge on any atom is 0.206 e. The van der Waals surface area contributed by atoms with Crippen molar-refractivity contribution in [3.63, 3.8) is 0 Å². The zero-order chi connectivity index (χ0) is 17.0. The molecule has 0 unspecified atom stereocenters. The largest absolute Gasteiger partial charge is 0.293 e. The van der Waals surface area contributed by atoms with Crippen LogP contribution in [0.25, 0.3) is 0 Å². The van der Waals surface area contributed by atoms with Crippen molar-refractivity contribution in [1.82, 2.24) is 0 Å². The van der Waals surface area contributed by atoms with Crippen LogP contribution in [0.15, 0.2) is 58.3 Å². The molecule has 2 aromatic carbocycles. The fraction of sp³-hybridized carbons (Fsp3) is 0.125. The summed E-state index contributed by atoms with van der Waals surface area (Å²) in [6.07, 6.45) is 0. The molecular weight excluding hydrogens is 448 g/mol. The molecule has 0 saturated carbocycles. The van der Waals surface area contributed by atoms with Gasteiger partial charge in [0.15, 0.2) is 11.6 Å². The number of benzene rings is 2. The van der Waals surface area contributed by atoms with E-state index in [-0.39, 0.29) is 32.0 Å². The lowest BCUT2D eigenvalue weighted by Gasteiger charge is -2.06. The van der Waals surface area contributed by atoms with Gasteiger partial charge in [0.1, 0.15) is 0 Å². The SMILES string of the molecule is O=C(CBr)c1ccc(S(=O)(=O)c2ccc(C(=O)CBr)cc2)cc1. The third kappa shape index (κ3) is 3.97. The molecule has 0 fully saturated rings. The first-order valence-electron chi connectivity index (χ1n) is 6.53. The number of Topliss-reactive ketones (excluding diaryl/α,β-unsaturated/α-hetero) is 2. The van der Waals surface area contributed by atoms with Gasteiger partial charge in [0.2, 0.25) is 9.84 Å². The van der Waals surface area contributed by atoms with Crippen LogP contribution in [0.5, 0.6) is 0 Å². The number of alkyl halides is 2. The Labute approximate surface area is 151 Å². The summed E-state index contributed by atoms with van der Waals surface area (Å²) in [7, 11) is -3.68. The van der Waals surface area contributed by atoms with Crippen LogP contribution in [0.3, 0.4) is 0 Å². The van der Waals surface area contributed by atoms with Gasteiger partial charge in [0.25, 0.3) is 0 Å². The summed E-state index contributed by atoms with van der Waals surface area (Å²) in [6.45, 7) is 0. The monoisotopic (exact) mass is 458 g/mol. The first kappa shape index (κ1) is 18.0. The molecule has 4 nitrogen and oxygen atoms in total. The second kappa shape index (κ2) is 7.51. The first-order valence-corrected chi connectivity index (χ1v) is 10.3. The lowest BCUT2D eigenvalue weighted by molar-refractivity contribution is 0.101. The highest BCUT2D eigenvalue weighted by Gasteiger charge is 2.18. The Morgan fingerprint density at radius 2 is 1.00 bits per heavy atom. The van der Waals surface area contributed by atoms with E-state index in [1.165, 1.54) is 48.5 Å². The molecule has 0 atom stereocenters. The lowest BCUT2D eigenvalue weighted by Crippen LogP contribution is -2.05. The smallest absolute Gasteiger partial charge is 0.206 e. The predicted molar refractivity (Wildman–Crippen MR) is 94.6 cm³/mol. The Hall–Kier alpha value is -1.31. The number of sulfone groups is 1. The molecule has 0 aliphatic carbocycles. The molecule has 0 spiro atoms. The highest BCUT2D eigenvalue weighted by Crippen LogP contribution is 2.22. The molecule has 2 aromatic rings. The molecule has 23 heavy (non-hydrogen) atoms. The molecule has 0 radical (unpaired) electrons. The second-order valence-electron chi connectivity index (χ2n) is 4.67. The van der Waals surface area contributed by atoms with Crippen LogP contribution in [0.1, 0.15) is 20.7 Å². The van der Waals surface area contributed by atoms with Crippen molar-refractivity contribution in [2.75, 3.05) is 10.7 Å². The average molecular weight is 460 g/mol. The number of carbonyl (C=O) groups excluding carboxylic acids is 2.